The van der Waals surface area contributed by atoms with E-state index < -0.39 is 11.6 Å². The quantitative estimate of drug-likeness (QED) is 0.669. The molecule has 0 saturated carbocycles. The zero-order valence-electron chi connectivity index (χ0n) is 16.6. The number of hydrogen-bond acceptors (Lipinski definition) is 4. The van der Waals surface area contributed by atoms with Crippen LogP contribution in [-0.4, -0.2) is 52.3 Å². The van der Waals surface area contributed by atoms with Gasteiger partial charge in [-0.1, -0.05) is 0 Å². The second-order valence-electron chi connectivity index (χ2n) is 7.41. The number of ether oxygens (including phenoxy) is 1. The highest BCUT2D eigenvalue weighted by molar-refractivity contribution is 5.89. The molecule has 2 amide bonds. The normalized spacial score (nSPS) is 16.4. The third kappa shape index (κ3) is 4.40. The second-order valence-corrected chi connectivity index (χ2v) is 7.41. The van der Waals surface area contributed by atoms with Crippen molar-refractivity contribution >= 4 is 22.9 Å². The lowest BCUT2D eigenvalue weighted by atomic mass is 10.0. The van der Waals surface area contributed by atoms with Crippen molar-refractivity contribution in [3.63, 3.8) is 0 Å². The predicted molar refractivity (Wildman–Crippen MR) is 108 cm³/mol. The summed E-state index contributed by atoms with van der Waals surface area (Å²) in [5.74, 6) is -0.306. The first-order valence-electron chi connectivity index (χ1n) is 9.84. The summed E-state index contributed by atoms with van der Waals surface area (Å²) in [6.45, 7) is 2.33. The van der Waals surface area contributed by atoms with Crippen LogP contribution in [0, 0.1) is 17.6 Å². The molecule has 1 aliphatic rings. The summed E-state index contributed by atoms with van der Waals surface area (Å²) in [5.41, 5.74) is 1.77. The van der Waals surface area contributed by atoms with E-state index in [0.29, 0.717) is 32.7 Å². The number of rotatable bonds is 6. The Bertz CT molecular complexity index is 1030. The third-order valence-electron chi connectivity index (χ3n) is 5.26. The fourth-order valence-electron chi connectivity index (χ4n) is 3.85. The lowest BCUT2D eigenvalue weighted by Gasteiger charge is -2.18. The zero-order chi connectivity index (χ0) is 21.1. The number of nitrogens with one attached hydrogen (secondary N) is 1. The molecular weight excluding hydrogens is 392 g/mol. The Kier molecular flexibility index (Phi) is 5.89. The first kappa shape index (κ1) is 20.2. The average molecular weight is 415 g/mol. The maximum Gasteiger partial charge on any atom is 0.321 e. The van der Waals surface area contributed by atoms with Gasteiger partial charge in [-0.2, -0.15) is 0 Å². The van der Waals surface area contributed by atoms with E-state index in [9.17, 15) is 13.6 Å². The largest absolute Gasteiger partial charge is 0.383 e. The number of fused-ring (bicyclic) bond motifs is 1. The Morgan fingerprint density at radius 1 is 1.30 bits per heavy atom. The molecule has 3 aromatic rings. The van der Waals surface area contributed by atoms with Crippen LogP contribution in [0.4, 0.5) is 19.3 Å². The van der Waals surface area contributed by atoms with Crippen molar-refractivity contribution in [2.75, 3.05) is 32.1 Å². The molecule has 30 heavy (non-hydrogen) atoms. The number of imidazole rings is 1. The standard InChI is InChI=1S/C21H23F2N5O2/c1-30-8-7-28-19(26-18-3-2-5-24-20(18)28)9-14-4-6-27(13-14)21(29)25-17-11-15(22)10-16(23)12-17/h2-3,5,10-12,14H,4,6-9,13H2,1H3,(H,25,29). The van der Waals surface area contributed by atoms with E-state index in [1.54, 1.807) is 18.2 Å². The lowest BCUT2D eigenvalue weighted by molar-refractivity contribution is 0.187. The molecule has 4 rings (SSSR count). The molecule has 0 spiro atoms. The number of halogens is 2. The smallest absolute Gasteiger partial charge is 0.321 e. The van der Waals surface area contributed by atoms with E-state index in [4.69, 9.17) is 9.72 Å². The van der Waals surface area contributed by atoms with Crippen molar-refractivity contribution < 1.29 is 18.3 Å². The lowest BCUT2D eigenvalue weighted by Crippen LogP contribution is -2.33. The number of aromatic nitrogens is 3. The number of likely N-dealkylation sites (tertiary alicyclic amines) is 1. The minimum atomic E-state index is -0.729. The van der Waals surface area contributed by atoms with Gasteiger partial charge >= 0.3 is 6.03 Å². The molecule has 2 aromatic heterocycles. The highest BCUT2D eigenvalue weighted by Crippen LogP contribution is 2.24. The van der Waals surface area contributed by atoms with Crippen molar-refractivity contribution in [1.82, 2.24) is 19.4 Å². The van der Waals surface area contributed by atoms with E-state index >= 15 is 0 Å². The number of carbonyl (C=O) groups is 1. The van der Waals surface area contributed by atoms with Gasteiger partial charge in [0.15, 0.2) is 5.65 Å². The molecule has 0 aliphatic carbocycles. The summed E-state index contributed by atoms with van der Waals surface area (Å²) in [6, 6.07) is 6.39. The maximum atomic E-state index is 13.3. The number of anilines is 1. The summed E-state index contributed by atoms with van der Waals surface area (Å²) >= 11 is 0. The minimum Gasteiger partial charge on any atom is -0.383 e. The van der Waals surface area contributed by atoms with Crippen molar-refractivity contribution in [3.8, 4) is 0 Å². The molecule has 1 aromatic carbocycles. The van der Waals surface area contributed by atoms with Crippen molar-refractivity contribution in [3.05, 3.63) is 54.0 Å². The fourth-order valence-corrected chi connectivity index (χ4v) is 3.85. The number of pyridine rings is 1. The topological polar surface area (TPSA) is 72.3 Å². The first-order valence-corrected chi connectivity index (χ1v) is 9.84. The van der Waals surface area contributed by atoms with Crippen LogP contribution in [0.15, 0.2) is 36.5 Å². The van der Waals surface area contributed by atoms with Gasteiger partial charge in [-0.15, -0.1) is 0 Å². The van der Waals surface area contributed by atoms with Crippen LogP contribution in [-0.2, 0) is 17.7 Å². The van der Waals surface area contributed by atoms with Crippen LogP contribution in [0.1, 0.15) is 12.2 Å². The molecule has 1 saturated heterocycles. The summed E-state index contributed by atoms with van der Waals surface area (Å²) in [5, 5.41) is 2.57. The third-order valence-corrected chi connectivity index (χ3v) is 5.26. The molecule has 7 nitrogen and oxygen atoms in total. The molecule has 0 bridgehead atoms. The molecule has 9 heteroatoms. The number of urea groups is 1. The Hall–Kier alpha value is -3.07. The zero-order valence-corrected chi connectivity index (χ0v) is 16.6. The number of carbonyl (C=O) groups excluding carboxylic acids is 1. The van der Waals surface area contributed by atoms with Gasteiger partial charge in [-0.25, -0.2) is 23.5 Å². The summed E-state index contributed by atoms with van der Waals surface area (Å²) in [7, 11) is 1.66. The fraction of sp³-hybridized carbons (Fsp3) is 0.381. The highest BCUT2D eigenvalue weighted by Gasteiger charge is 2.28. The first-order chi connectivity index (χ1) is 14.5. The van der Waals surface area contributed by atoms with Crippen molar-refractivity contribution in [1.29, 1.82) is 0 Å². The summed E-state index contributed by atoms with van der Waals surface area (Å²) in [4.78, 5) is 23.3. The Balaban J connectivity index is 1.43. The molecule has 1 N–H and O–H groups in total. The molecule has 1 atom stereocenters. The Morgan fingerprint density at radius 3 is 2.87 bits per heavy atom. The van der Waals surface area contributed by atoms with E-state index in [1.807, 2.05) is 12.1 Å². The van der Waals surface area contributed by atoms with Gasteiger partial charge in [0.05, 0.1) is 6.61 Å². The Labute approximate surface area is 172 Å². The second kappa shape index (κ2) is 8.74. The maximum absolute atomic E-state index is 13.3. The van der Waals surface area contributed by atoms with Crippen LogP contribution in [0.2, 0.25) is 0 Å². The molecule has 1 unspecified atom stereocenters. The number of methoxy groups -OCH3 is 1. The predicted octanol–water partition coefficient (Wildman–Crippen LogP) is 3.45. The van der Waals surface area contributed by atoms with E-state index in [2.05, 4.69) is 14.9 Å². The van der Waals surface area contributed by atoms with Gasteiger partial charge in [0, 0.05) is 51.1 Å². The van der Waals surface area contributed by atoms with Gasteiger partial charge in [-0.3, -0.25) is 0 Å². The van der Waals surface area contributed by atoms with Crippen LogP contribution in [0.5, 0.6) is 0 Å². The molecular formula is C21H23F2N5O2. The highest BCUT2D eigenvalue weighted by atomic mass is 19.1. The van der Waals surface area contributed by atoms with Gasteiger partial charge in [0.1, 0.15) is 23.0 Å². The van der Waals surface area contributed by atoms with Gasteiger partial charge in [0.25, 0.3) is 0 Å². The minimum absolute atomic E-state index is 0.105. The van der Waals surface area contributed by atoms with Gasteiger partial charge in [-0.05, 0) is 36.6 Å². The van der Waals surface area contributed by atoms with Gasteiger partial charge in [0.2, 0.25) is 0 Å². The van der Waals surface area contributed by atoms with Crippen LogP contribution >= 0.6 is 0 Å². The van der Waals surface area contributed by atoms with Crippen molar-refractivity contribution in [2.24, 2.45) is 5.92 Å². The molecule has 0 radical (unpaired) electrons. The van der Waals surface area contributed by atoms with E-state index in [0.717, 1.165) is 41.6 Å². The summed E-state index contributed by atoms with van der Waals surface area (Å²) in [6.07, 6.45) is 3.28. The Morgan fingerprint density at radius 2 is 2.10 bits per heavy atom. The number of amides is 2. The van der Waals surface area contributed by atoms with Crippen LogP contribution in [0.25, 0.3) is 11.2 Å². The van der Waals surface area contributed by atoms with Crippen molar-refractivity contribution in [2.45, 2.75) is 19.4 Å². The SMILES string of the molecule is COCCn1c(CC2CCN(C(=O)Nc3cc(F)cc(F)c3)C2)nc2cccnc21. The van der Waals surface area contributed by atoms with Gasteiger partial charge < -0.3 is 19.5 Å². The monoisotopic (exact) mass is 415 g/mol. The summed E-state index contributed by atoms with van der Waals surface area (Å²) < 4.78 is 34.0. The van der Waals surface area contributed by atoms with Crippen LogP contribution < -0.4 is 5.32 Å². The molecule has 158 valence electrons. The molecule has 1 fully saturated rings. The van der Waals surface area contributed by atoms with E-state index in [1.165, 1.54) is 0 Å². The molecule has 1 aliphatic heterocycles. The number of hydrogen-bond donors (Lipinski definition) is 1. The number of benzene rings is 1. The van der Waals surface area contributed by atoms with E-state index in [-0.39, 0.29) is 17.6 Å². The average Bonchev–Trinajstić information content (AvgIpc) is 3.30. The molecule has 3 heterocycles. The number of nitrogens with zero attached hydrogens (tertiary/aromatic N) is 4. The van der Waals surface area contributed by atoms with Crippen LogP contribution in [0.3, 0.4) is 0 Å².